The molecule has 0 saturated carbocycles. The van der Waals surface area contributed by atoms with E-state index >= 15 is 0 Å². The summed E-state index contributed by atoms with van der Waals surface area (Å²) in [5, 5.41) is 2.47. The van der Waals surface area contributed by atoms with E-state index in [2.05, 4.69) is 12.6 Å². The topological polar surface area (TPSA) is 26.3 Å². The van der Waals surface area contributed by atoms with E-state index < -0.39 is 0 Å². The van der Waals surface area contributed by atoms with Gasteiger partial charge in [-0.05, 0) is 41.8 Å². The van der Waals surface area contributed by atoms with Gasteiger partial charge < -0.3 is 4.74 Å². The molecule has 0 radical (unpaired) electrons. The highest BCUT2D eigenvalue weighted by Gasteiger charge is 2.08. The van der Waals surface area contributed by atoms with Crippen LogP contribution in [0, 0.1) is 0 Å². The summed E-state index contributed by atoms with van der Waals surface area (Å²) in [6.45, 7) is 0. The SMILES string of the molecule is O=C(Oc1cccs1)c1ccc(S)cc1. The Bertz CT molecular complexity index is 446. The van der Waals surface area contributed by atoms with Crippen molar-refractivity contribution in [2.24, 2.45) is 0 Å². The Labute approximate surface area is 96.9 Å². The summed E-state index contributed by atoms with van der Waals surface area (Å²) in [7, 11) is 0. The molecule has 0 amide bonds. The molecule has 0 aliphatic rings. The molecule has 2 aromatic rings. The Hall–Kier alpha value is -1.26. The van der Waals surface area contributed by atoms with Gasteiger partial charge >= 0.3 is 5.97 Å². The Balaban J connectivity index is 2.11. The van der Waals surface area contributed by atoms with Crippen LogP contribution in [0.4, 0.5) is 0 Å². The molecule has 1 heterocycles. The summed E-state index contributed by atoms with van der Waals surface area (Å²) < 4.78 is 5.13. The molecule has 2 nitrogen and oxygen atoms in total. The maximum absolute atomic E-state index is 11.6. The fraction of sp³-hybridized carbons (Fsp3) is 0. The summed E-state index contributed by atoms with van der Waals surface area (Å²) in [4.78, 5) is 12.4. The molecule has 15 heavy (non-hydrogen) atoms. The number of carbonyl (C=O) groups is 1. The number of thiophene rings is 1. The maximum Gasteiger partial charge on any atom is 0.344 e. The number of benzene rings is 1. The first-order chi connectivity index (χ1) is 7.25. The predicted octanol–water partition coefficient (Wildman–Crippen LogP) is 3.26. The van der Waals surface area contributed by atoms with Crippen LogP contribution in [0.25, 0.3) is 0 Å². The molecule has 0 saturated heterocycles. The average molecular weight is 236 g/mol. The smallest absolute Gasteiger partial charge is 0.344 e. The van der Waals surface area contributed by atoms with Crippen molar-refractivity contribution in [3.05, 3.63) is 47.3 Å². The van der Waals surface area contributed by atoms with Crippen LogP contribution in [0.3, 0.4) is 0 Å². The van der Waals surface area contributed by atoms with Gasteiger partial charge in [-0.2, -0.15) is 0 Å². The van der Waals surface area contributed by atoms with E-state index in [4.69, 9.17) is 4.74 Å². The van der Waals surface area contributed by atoms with Crippen molar-refractivity contribution in [1.29, 1.82) is 0 Å². The van der Waals surface area contributed by atoms with E-state index in [1.807, 2.05) is 11.4 Å². The molecule has 0 aliphatic heterocycles. The van der Waals surface area contributed by atoms with Gasteiger partial charge in [0.1, 0.15) is 0 Å². The van der Waals surface area contributed by atoms with Crippen molar-refractivity contribution in [1.82, 2.24) is 0 Å². The van der Waals surface area contributed by atoms with Gasteiger partial charge in [0.15, 0.2) is 5.06 Å². The second-order valence-electron chi connectivity index (χ2n) is 2.87. The van der Waals surface area contributed by atoms with E-state index in [1.54, 1.807) is 30.3 Å². The second kappa shape index (κ2) is 4.51. The van der Waals surface area contributed by atoms with Crippen LogP contribution in [0.2, 0.25) is 0 Å². The molecule has 0 bridgehead atoms. The van der Waals surface area contributed by atoms with Gasteiger partial charge in [-0.15, -0.1) is 24.0 Å². The van der Waals surface area contributed by atoms with Crippen LogP contribution >= 0.6 is 24.0 Å². The monoisotopic (exact) mass is 236 g/mol. The number of hydrogen-bond acceptors (Lipinski definition) is 4. The maximum atomic E-state index is 11.6. The zero-order valence-electron chi connectivity index (χ0n) is 7.71. The molecule has 4 heteroatoms. The van der Waals surface area contributed by atoms with Crippen molar-refractivity contribution < 1.29 is 9.53 Å². The lowest BCUT2D eigenvalue weighted by Crippen LogP contribution is -2.06. The van der Waals surface area contributed by atoms with Crippen LogP contribution in [-0.2, 0) is 0 Å². The van der Waals surface area contributed by atoms with Crippen molar-refractivity contribution in [3.63, 3.8) is 0 Å². The number of rotatable bonds is 2. The van der Waals surface area contributed by atoms with Crippen molar-refractivity contribution in [2.75, 3.05) is 0 Å². The Kier molecular flexibility index (Phi) is 3.08. The third kappa shape index (κ3) is 2.61. The number of carbonyl (C=O) groups excluding carboxylic acids is 1. The summed E-state index contributed by atoms with van der Waals surface area (Å²) in [5.41, 5.74) is 0.529. The molecular weight excluding hydrogens is 228 g/mol. The quantitative estimate of drug-likeness (QED) is 0.640. The molecule has 1 aromatic carbocycles. The zero-order chi connectivity index (χ0) is 10.7. The molecule has 2 rings (SSSR count). The van der Waals surface area contributed by atoms with Crippen molar-refractivity contribution in [2.45, 2.75) is 4.90 Å². The van der Waals surface area contributed by atoms with Gasteiger partial charge in [-0.3, -0.25) is 0 Å². The molecule has 0 N–H and O–H groups in total. The number of ether oxygens (including phenoxy) is 1. The molecule has 1 aromatic heterocycles. The van der Waals surface area contributed by atoms with E-state index in [-0.39, 0.29) is 5.97 Å². The second-order valence-corrected chi connectivity index (χ2v) is 4.30. The minimum absolute atomic E-state index is 0.342. The summed E-state index contributed by atoms with van der Waals surface area (Å²) in [5.74, 6) is -0.342. The first kappa shape index (κ1) is 10.3. The Morgan fingerprint density at radius 2 is 1.93 bits per heavy atom. The highest BCUT2D eigenvalue weighted by atomic mass is 32.1. The van der Waals surface area contributed by atoms with E-state index in [0.717, 1.165) is 4.90 Å². The molecule has 0 atom stereocenters. The average Bonchev–Trinajstić information content (AvgIpc) is 2.71. The summed E-state index contributed by atoms with van der Waals surface area (Å²) in [6, 6.07) is 10.5. The molecule has 0 fully saturated rings. The number of esters is 1. The first-order valence-corrected chi connectivity index (χ1v) is 5.63. The van der Waals surface area contributed by atoms with Gasteiger partial charge in [0, 0.05) is 4.90 Å². The fourth-order valence-corrected chi connectivity index (χ4v) is 1.79. The third-order valence-corrected chi connectivity index (χ3v) is 2.83. The Morgan fingerprint density at radius 1 is 1.20 bits per heavy atom. The number of thiol groups is 1. The van der Waals surface area contributed by atoms with Crippen LogP contribution in [-0.4, -0.2) is 5.97 Å². The van der Waals surface area contributed by atoms with Gasteiger partial charge in [-0.25, -0.2) is 4.79 Å². The lowest BCUT2D eigenvalue weighted by molar-refractivity contribution is 0.0740. The van der Waals surface area contributed by atoms with Crippen LogP contribution in [0.15, 0.2) is 46.7 Å². The summed E-state index contributed by atoms with van der Waals surface area (Å²) in [6.07, 6.45) is 0. The standard InChI is InChI=1S/C11H8O2S2/c12-11(13-10-2-1-7-15-10)8-3-5-9(14)6-4-8/h1-7,14H. The minimum Gasteiger partial charge on any atom is -0.412 e. The van der Waals surface area contributed by atoms with E-state index in [1.165, 1.54) is 11.3 Å². The first-order valence-electron chi connectivity index (χ1n) is 4.30. The molecular formula is C11H8O2S2. The van der Waals surface area contributed by atoms with Gasteiger partial charge in [0.05, 0.1) is 5.56 Å². The third-order valence-electron chi connectivity index (χ3n) is 1.79. The molecule has 0 spiro atoms. The number of hydrogen-bond donors (Lipinski definition) is 1. The van der Waals surface area contributed by atoms with Crippen molar-refractivity contribution >= 4 is 29.9 Å². The van der Waals surface area contributed by atoms with E-state index in [9.17, 15) is 4.79 Å². The van der Waals surface area contributed by atoms with Gasteiger partial charge in [-0.1, -0.05) is 0 Å². The lowest BCUT2D eigenvalue weighted by atomic mass is 10.2. The van der Waals surface area contributed by atoms with Crippen LogP contribution in [0.5, 0.6) is 5.06 Å². The molecule has 76 valence electrons. The van der Waals surface area contributed by atoms with Crippen LogP contribution < -0.4 is 4.74 Å². The zero-order valence-corrected chi connectivity index (χ0v) is 9.42. The minimum atomic E-state index is -0.342. The Morgan fingerprint density at radius 3 is 2.53 bits per heavy atom. The van der Waals surface area contributed by atoms with Gasteiger partial charge in [0.2, 0.25) is 0 Å². The van der Waals surface area contributed by atoms with Crippen LogP contribution in [0.1, 0.15) is 10.4 Å². The van der Waals surface area contributed by atoms with Gasteiger partial charge in [0.25, 0.3) is 0 Å². The predicted molar refractivity (Wildman–Crippen MR) is 63.0 cm³/mol. The van der Waals surface area contributed by atoms with Crippen molar-refractivity contribution in [3.8, 4) is 5.06 Å². The molecule has 0 unspecified atom stereocenters. The normalized spacial score (nSPS) is 9.93. The summed E-state index contributed by atoms with van der Waals surface area (Å²) >= 11 is 5.53. The molecule has 0 aliphatic carbocycles. The highest BCUT2D eigenvalue weighted by molar-refractivity contribution is 7.80. The highest BCUT2D eigenvalue weighted by Crippen LogP contribution is 2.19. The lowest BCUT2D eigenvalue weighted by Gasteiger charge is -2.01. The van der Waals surface area contributed by atoms with E-state index in [0.29, 0.717) is 10.6 Å². The fourth-order valence-electron chi connectivity index (χ4n) is 1.07. The largest absolute Gasteiger partial charge is 0.412 e.